The van der Waals surface area contributed by atoms with E-state index >= 15 is 0 Å². The molecule has 0 heterocycles. The molecule has 162 valence electrons. The van der Waals surface area contributed by atoms with Crippen LogP contribution in [-0.2, 0) is 17.6 Å². The minimum atomic E-state index is -0.457. The van der Waals surface area contributed by atoms with Gasteiger partial charge in [0.2, 0.25) is 0 Å². The Labute approximate surface area is 200 Å². The molecule has 0 aliphatic carbocycles. The van der Waals surface area contributed by atoms with Gasteiger partial charge in [-0.2, -0.15) is 0 Å². The highest BCUT2D eigenvalue weighted by atomic mass is 79.9. The molecule has 5 N–H and O–H groups in total. The van der Waals surface area contributed by atoms with E-state index in [1.54, 1.807) is 12.1 Å². The fraction of sp³-hybridized carbons (Fsp3) is 0.300. The number of phenolic OH excluding ortho intramolecular Hbond substituents is 1. The van der Waals surface area contributed by atoms with E-state index in [1.807, 2.05) is 12.1 Å². The van der Waals surface area contributed by atoms with Gasteiger partial charge in [-0.25, -0.2) is 0 Å². The predicted octanol–water partition coefficient (Wildman–Crippen LogP) is 4.14. The van der Waals surface area contributed by atoms with Gasteiger partial charge in [-0.3, -0.25) is 4.79 Å². The SMILES string of the molecule is NCCCOc1c(Br)cc(CCNC(=O)C(Cc2ccc(O)c(Br)c2)=NO)cc1Br. The van der Waals surface area contributed by atoms with E-state index in [0.717, 1.165) is 26.5 Å². The Balaban J connectivity index is 1.91. The number of hydrogen-bond acceptors (Lipinski definition) is 6. The van der Waals surface area contributed by atoms with Gasteiger partial charge in [-0.05, 0) is 103 Å². The van der Waals surface area contributed by atoms with Gasteiger partial charge >= 0.3 is 0 Å². The smallest absolute Gasteiger partial charge is 0.269 e. The van der Waals surface area contributed by atoms with Gasteiger partial charge in [0.05, 0.1) is 20.0 Å². The summed E-state index contributed by atoms with van der Waals surface area (Å²) in [5.41, 5.74) is 7.18. The summed E-state index contributed by atoms with van der Waals surface area (Å²) in [6.45, 7) is 1.46. The van der Waals surface area contributed by atoms with Crippen molar-refractivity contribution in [2.24, 2.45) is 10.9 Å². The normalized spacial score (nSPS) is 11.4. The van der Waals surface area contributed by atoms with Crippen LogP contribution in [0, 0.1) is 0 Å². The van der Waals surface area contributed by atoms with E-state index in [4.69, 9.17) is 10.5 Å². The van der Waals surface area contributed by atoms with Crippen molar-refractivity contribution in [3.8, 4) is 11.5 Å². The number of benzene rings is 2. The summed E-state index contributed by atoms with van der Waals surface area (Å²) in [4.78, 5) is 12.3. The topological polar surface area (TPSA) is 117 Å². The number of phenols is 1. The summed E-state index contributed by atoms with van der Waals surface area (Å²) in [6.07, 6.45) is 1.48. The molecule has 1 amide bonds. The lowest BCUT2D eigenvalue weighted by Gasteiger charge is -2.12. The molecule has 0 radical (unpaired) electrons. The molecule has 0 atom stereocenters. The van der Waals surface area contributed by atoms with Crippen LogP contribution in [0.25, 0.3) is 0 Å². The lowest BCUT2D eigenvalue weighted by molar-refractivity contribution is -0.115. The van der Waals surface area contributed by atoms with Crippen LogP contribution in [0.2, 0.25) is 0 Å². The fourth-order valence-electron chi connectivity index (χ4n) is 2.59. The molecule has 2 aromatic carbocycles. The Morgan fingerprint density at radius 2 is 1.77 bits per heavy atom. The quantitative estimate of drug-likeness (QED) is 0.140. The first-order valence-corrected chi connectivity index (χ1v) is 11.5. The minimum absolute atomic E-state index is 0.0152. The highest BCUT2D eigenvalue weighted by molar-refractivity contribution is 9.11. The minimum Gasteiger partial charge on any atom is -0.507 e. The number of oxime groups is 1. The van der Waals surface area contributed by atoms with Gasteiger partial charge in [-0.1, -0.05) is 11.2 Å². The number of nitrogens with zero attached hydrogens (tertiary/aromatic N) is 1. The molecule has 0 unspecified atom stereocenters. The first-order valence-electron chi connectivity index (χ1n) is 9.13. The van der Waals surface area contributed by atoms with Crippen LogP contribution in [-0.4, -0.2) is 41.6 Å². The fourth-order valence-corrected chi connectivity index (χ4v) is 4.53. The maximum Gasteiger partial charge on any atom is 0.269 e. The molecule has 0 saturated heterocycles. The molecule has 7 nitrogen and oxygen atoms in total. The van der Waals surface area contributed by atoms with E-state index in [-0.39, 0.29) is 17.9 Å². The molecule has 0 saturated carbocycles. The molecule has 30 heavy (non-hydrogen) atoms. The maximum absolute atomic E-state index is 12.3. The Morgan fingerprint density at radius 1 is 1.10 bits per heavy atom. The second-order valence-corrected chi connectivity index (χ2v) is 8.96. The molecule has 0 bridgehead atoms. The van der Waals surface area contributed by atoms with Crippen LogP contribution in [0.1, 0.15) is 17.5 Å². The zero-order valence-electron chi connectivity index (χ0n) is 16.0. The zero-order chi connectivity index (χ0) is 22.1. The van der Waals surface area contributed by atoms with Crippen LogP contribution < -0.4 is 15.8 Å². The summed E-state index contributed by atoms with van der Waals surface area (Å²) in [6, 6.07) is 8.70. The van der Waals surface area contributed by atoms with Crippen LogP contribution in [0.5, 0.6) is 11.5 Å². The summed E-state index contributed by atoms with van der Waals surface area (Å²) in [5.74, 6) is 0.353. The number of nitrogens with two attached hydrogens (primary N) is 1. The standard InChI is InChI=1S/C20H22Br3N3O4/c21-14-8-12(2-3-18(14)27)11-17(26-29)20(28)25-6-4-13-9-15(22)19(16(23)10-13)30-7-1-5-24/h2-3,8-10,27,29H,1,4-7,11,24H2,(H,25,28). The summed E-state index contributed by atoms with van der Waals surface area (Å²) in [7, 11) is 0. The van der Waals surface area contributed by atoms with Crippen LogP contribution in [0.4, 0.5) is 0 Å². The molecule has 2 rings (SSSR count). The number of carbonyl (C=O) groups is 1. The van der Waals surface area contributed by atoms with Crippen molar-refractivity contribution in [3.63, 3.8) is 0 Å². The number of carbonyl (C=O) groups excluding carboxylic acids is 1. The van der Waals surface area contributed by atoms with Crippen molar-refractivity contribution in [3.05, 3.63) is 54.9 Å². The van der Waals surface area contributed by atoms with E-state index in [2.05, 4.69) is 58.3 Å². The third-order valence-corrected chi connectivity index (χ3v) is 5.93. The molecule has 0 aliphatic heterocycles. The predicted molar refractivity (Wildman–Crippen MR) is 126 cm³/mol. The first-order chi connectivity index (χ1) is 14.3. The molecular formula is C20H22Br3N3O4. The Morgan fingerprint density at radius 3 is 2.37 bits per heavy atom. The lowest BCUT2D eigenvalue weighted by Crippen LogP contribution is -2.33. The molecular weight excluding hydrogens is 586 g/mol. The third-order valence-electron chi connectivity index (χ3n) is 4.12. The molecule has 10 heteroatoms. The van der Waals surface area contributed by atoms with Crippen molar-refractivity contribution in [1.82, 2.24) is 5.32 Å². The van der Waals surface area contributed by atoms with E-state index in [9.17, 15) is 15.1 Å². The van der Waals surface area contributed by atoms with Crippen LogP contribution >= 0.6 is 47.8 Å². The monoisotopic (exact) mass is 605 g/mol. The number of ether oxygens (including phenoxy) is 1. The molecule has 0 spiro atoms. The maximum atomic E-state index is 12.3. The second-order valence-electron chi connectivity index (χ2n) is 6.39. The number of halogens is 3. The average molecular weight is 608 g/mol. The van der Waals surface area contributed by atoms with Crippen molar-refractivity contribution in [2.75, 3.05) is 19.7 Å². The van der Waals surface area contributed by atoms with Gasteiger partial charge in [-0.15, -0.1) is 0 Å². The first kappa shape index (κ1) is 24.6. The Bertz CT molecular complexity index is 899. The van der Waals surface area contributed by atoms with Crippen molar-refractivity contribution in [2.45, 2.75) is 19.3 Å². The van der Waals surface area contributed by atoms with Gasteiger partial charge < -0.3 is 26.1 Å². The largest absolute Gasteiger partial charge is 0.507 e. The Hall–Kier alpha value is -1.62. The molecule has 0 fully saturated rings. The number of amides is 1. The zero-order valence-corrected chi connectivity index (χ0v) is 20.8. The van der Waals surface area contributed by atoms with E-state index in [0.29, 0.717) is 36.3 Å². The van der Waals surface area contributed by atoms with Crippen molar-refractivity contribution < 1.29 is 19.8 Å². The van der Waals surface area contributed by atoms with Gasteiger partial charge in [0.15, 0.2) is 0 Å². The van der Waals surface area contributed by atoms with Crippen molar-refractivity contribution >= 4 is 59.4 Å². The number of nitrogens with one attached hydrogen (secondary N) is 1. The van der Waals surface area contributed by atoms with Crippen molar-refractivity contribution in [1.29, 1.82) is 0 Å². The third kappa shape index (κ3) is 7.26. The lowest BCUT2D eigenvalue weighted by atomic mass is 10.1. The van der Waals surface area contributed by atoms with E-state index in [1.165, 1.54) is 6.07 Å². The highest BCUT2D eigenvalue weighted by Gasteiger charge is 2.14. The van der Waals surface area contributed by atoms with Gasteiger partial charge in [0.25, 0.3) is 5.91 Å². The summed E-state index contributed by atoms with van der Waals surface area (Å²) in [5, 5.41) is 24.7. The van der Waals surface area contributed by atoms with Crippen LogP contribution in [0.15, 0.2) is 48.9 Å². The van der Waals surface area contributed by atoms with Gasteiger partial charge in [0, 0.05) is 13.0 Å². The Kier molecular flexibility index (Phi) is 10.1. The second kappa shape index (κ2) is 12.3. The van der Waals surface area contributed by atoms with Gasteiger partial charge in [0.1, 0.15) is 17.2 Å². The summed E-state index contributed by atoms with van der Waals surface area (Å²) < 4.78 is 7.84. The van der Waals surface area contributed by atoms with Crippen LogP contribution in [0.3, 0.4) is 0 Å². The average Bonchev–Trinajstić information content (AvgIpc) is 2.70. The van der Waals surface area contributed by atoms with E-state index < -0.39 is 5.91 Å². The number of rotatable bonds is 10. The number of aromatic hydroxyl groups is 1. The molecule has 0 aliphatic rings. The summed E-state index contributed by atoms with van der Waals surface area (Å²) >= 11 is 10.2. The molecule has 2 aromatic rings. The number of hydrogen-bond donors (Lipinski definition) is 4. The molecule has 0 aromatic heterocycles. The highest BCUT2D eigenvalue weighted by Crippen LogP contribution is 2.35.